The van der Waals surface area contributed by atoms with Crippen molar-refractivity contribution in [2.75, 3.05) is 11.5 Å². The minimum Gasteiger partial charge on any atom is -0.481 e. The summed E-state index contributed by atoms with van der Waals surface area (Å²) in [6, 6.07) is 12.6. The van der Waals surface area contributed by atoms with E-state index < -0.39 is 11.9 Å². The number of carbonyl (C=O) groups is 2. The molecule has 0 amide bonds. The lowest BCUT2D eigenvalue weighted by Gasteiger charge is -2.00. The van der Waals surface area contributed by atoms with E-state index in [-0.39, 0.29) is 11.5 Å². The van der Waals surface area contributed by atoms with E-state index in [4.69, 9.17) is 33.4 Å². The van der Waals surface area contributed by atoms with Gasteiger partial charge < -0.3 is 10.2 Å². The fourth-order valence-electron chi connectivity index (χ4n) is 1.39. The summed E-state index contributed by atoms with van der Waals surface area (Å²) in [6.07, 6.45) is 0. The predicted molar refractivity (Wildman–Crippen MR) is 107 cm³/mol. The van der Waals surface area contributed by atoms with Crippen molar-refractivity contribution >= 4 is 74.6 Å². The van der Waals surface area contributed by atoms with Gasteiger partial charge in [-0.1, -0.05) is 39.1 Å². The van der Waals surface area contributed by atoms with Crippen LogP contribution in [0.4, 0.5) is 0 Å². The SMILES string of the molecule is O=C(O)CSc1ccc(Br)cc1.O=C(O)CSc1ccc(Cl)c(Cl)c1. The molecule has 2 rings (SSSR count). The van der Waals surface area contributed by atoms with E-state index >= 15 is 0 Å². The van der Waals surface area contributed by atoms with Crippen molar-refractivity contribution in [3.63, 3.8) is 0 Å². The van der Waals surface area contributed by atoms with Crippen molar-refractivity contribution in [1.29, 1.82) is 0 Å². The first kappa shape index (κ1) is 22.2. The van der Waals surface area contributed by atoms with Crippen LogP contribution >= 0.6 is 62.7 Å². The van der Waals surface area contributed by atoms with Gasteiger partial charge in [0.2, 0.25) is 0 Å². The maximum atomic E-state index is 10.2. The van der Waals surface area contributed by atoms with E-state index in [0.29, 0.717) is 10.0 Å². The standard InChI is InChI=1S/C8H7BrO2S.C8H6Cl2O2S/c9-6-1-3-7(4-2-6)12-5-8(10)11;9-6-2-1-5(3-7(6)10)13-4-8(11)12/h1-4H,5H2,(H,10,11);1-3H,4H2,(H,11,12). The van der Waals surface area contributed by atoms with Crippen LogP contribution in [0.2, 0.25) is 10.0 Å². The van der Waals surface area contributed by atoms with E-state index in [1.165, 1.54) is 23.5 Å². The second-order valence-electron chi connectivity index (χ2n) is 4.39. The summed E-state index contributed by atoms with van der Waals surface area (Å²) in [4.78, 5) is 22.2. The Labute approximate surface area is 172 Å². The number of halogens is 3. The molecule has 0 aliphatic rings. The van der Waals surface area contributed by atoms with Crippen molar-refractivity contribution in [1.82, 2.24) is 0 Å². The average molecular weight is 484 g/mol. The number of benzene rings is 2. The number of hydrogen-bond donors (Lipinski definition) is 2. The van der Waals surface area contributed by atoms with Crippen LogP contribution in [0.3, 0.4) is 0 Å². The molecule has 2 N–H and O–H groups in total. The molecule has 0 saturated carbocycles. The molecule has 0 radical (unpaired) electrons. The van der Waals surface area contributed by atoms with Crippen molar-refractivity contribution < 1.29 is 19.8 Å². The normalized spacial score (nSPS) is 9.88. The maximum Gasteiger partial charge on any atom is 0.313 e. The average Bonchev–Trinajstić information content (AvgIpc) is 2.56. The molecule has 25 heavy (non-hydrogen) atoms. The minimum absolute atomic E-state index is 0.0258. The Kier molecular flexibility index (Phi) is 10.4. The maximum absolute atomic E-state index is 10.2. The fraction of sp³-hybridized carbons (Fsp3) is 0.125. The zero-order valence-electron chi connectivity index (χ0n) is 12.6. The second-order valence-corrected chi connectivity index (χ2v) is 8.22. The Bertz CT molecular complexity index is 727. The Morgan fingerprint density at radius 2 is 1.32 bits per heavy atom. The summed E-state index contributed by atoms with van der Waals surface area (Å²) in [5.74, 6) is -1.50. The van der Waals surface area contributed by atoms with Gasteiger partial charge in [0.15, 0.2) is 0 Å². The molecule has 0 aromatic heterocycles. The molecular formula is C16H13BrCl2O4S2. The predicted octanol–water partition coefficient (Wildman–Crippen LogP) is 5.80. The van der Waals surface area contributed by atoms with Gasteiger partial charge in [-0.2, -0.15) is 0 Å². The lowest BCUT2D eigenvalue weighted by atomic mass is 10.4. The van der Waals surface area contributed by atoms with Crippen LogP contribution < -0.4 is 0 Å². The van der Waals surface area contributed by atoms with Gasteiger partial charge >= 0.3 is 11.9 Å². The summed E-state index contributed by atoms with van der Waals surface area (Å²) in [5, 5.41) is 17.7. The molecule has 9 heteroatoms. The lowest BCUT2D eigenvalue weighted by molar-refractivity contribution is -0.134. The fourth-order valence-corrected chi connectivity index (χ4v) is 3.29. The summed E-state index contributed by atoms with van der Waals surface area (Å²) in [5.41, 5.74) is 0. The molecule has 0 fully saturated rings. The van der Waals surface area contributed by atoms with Crippen molar-refractivity contribution in [2.45, 2.75) is 9.79 Å². The summed E-state index contributed by atoms with van der Waals surface area (Å²) in [6.45, 7) is 0. The molecule has 0 saturated heterocycles. The Morgan fingerprint density at radius 3 is 1.80 bits per heavy atom. The molecule has 0 bridgehead atoms. The Morgan fingerprint density at radius 1 is 0.840 bits per heavy atom. The first-order valence-corrected chi connectivity index (χ1v) is 10.2. The highest BCUT2D eigenvalue weighted by Crippen LogP contribution is 2.27. The van der Waals surface area contributed by atoms with Crippen molar-refractivity contribution in [3.8, 4) is 0 Å². The van der Waals surface area contributed by atoms with Crippen LogP contribution in [-0.2, 0) is 9.59 Å². The number of aliphatic carboxylic acids is 2. The highest BCUT2D eigenvalue weighted by Gasteiger charge is 2.02. The molecule has 2 aromatic carbocycles. The van der Waals surface area contributed by atoms with Crippen LogP contribution in [0.5, 0.6) is 0 Å². The quantitative estimate of drug-likeness (QED) is 0.506. The zero-order chi connectivity index (χ0) is 18.8. The molecule has 4 nitrogen and oxygen atoms in total. The molecular weight excluding hydrogens is 471 g/mol. The number of rotatable bonds is 6. The summed E-state index contributed by atoms with van der Waals surface area (Å²) in [7, 11) is 0. The van der Waals surface area contributed by atoms with Gasteiger partial charge in [-0.25, -0.2) is 0 Å². The number of carboxylic acid groups (broad SMARTS) is 2. The van der Waals surface area contributed by atoms with Crippen LogP contribution in [0.1, 0.15) is 0 Å². The highest BCUT2D eigenvalue weighted by molar-refractivity contribution is 9.10. The van der Waals surface area contributed by atoms with Crippen LogP contribution in [0.15, 0.2) is 56.7 Å². The van der Waals surface area contributed by atoms with E-state index in [1.54, 1.807) is 18.2 Å². The molecule has 0 spiro atoms. The van der Waals surface area contributed by atoms with E-state index in [2.05, 4.69) is 15.9 Å². The Balaban J connectivity index is 0.000000251. The first-order valence-electron chi connectivity index (χ1n) is 6.67. The Hall–Kier alpha value is -0.860. The van der Waals surface area contributed by atoms with E-state index in [9.17, 15) is 9.59 Å². The van der Waals surface area contributed by atoms with Gasteiger partial charge in [0.25, 0.3) is 0 Å². The monoisotopic (exact) mass is 482 g/mol. The zero-order valence-corrected chi connectivity index (χ0v) is 17.3. The highest BCUT2D eigenvalue weighted by atomic mass is 79.9. The van der Waals surface area contributed by atoms with Gasteiger partial charge in [-0.15, -0.1) is 23.5 Å². The van der Waals surface area contributed by atoms with E-state index in [0.717, 1.165) is 14.3 Å². The van der Waals surface area contributed by atoms with Crippen molar-refractivity contribution in [3.05, 3.63) is 57.0 Å². The first-order chi connectivity index (χ1) is 11.8. The van der Waals surface area contributed by atoms with E-state index in [1.807, 2.05) is 24.3 Å². The second kappa shape index (κ2) is 11.7. The topological polar surface area (TPSA) is 74.6 Å². The van der Waals surface area contributed by atoms with Gasteiger partial charge in [0.05, 0.1) is 21.6 Å². The smallest absolute Gasteiger partial charge is 0.313 e. The van der Waals surface area contributed by atoms with Gasteiger partial charge in [-0.05, 0) is 42.5 Å². The molecule has 2 aromatic rings. The third kappa shape index (κ3) is 10.0. The summed E-state index contributed by atoms with van der Waals surface area (Å²) >= 11 is 17.2. The van der Waals surface area contributed by atoms with Gasteiger partial charge in [0.1, 0.15) is 0 Å². The molecule has 0 aliphatic heterocycles. The van der Waals surface area contributed by atoms with Crippen molar-refractivity contribution in [2.24, 2.45) is 0 Å². The molecule has 134 valence electrons. The number of carboxylic acids is 2. The largest absolute Gasteiger partial charge is 0.481 e. The third-order valence-electron chi connectivity index (χ3n) is 2.43. The molecule has 0 aliphatic carbocycles. The summed E-state index contributed by atoms with van der Waals surface area (Å²) < 4.78 is 1.00. The number of thioether (sulfide) groups is 2. The van der Waals surface area contributed by atoms with Gasteiger partial charge in [0, 0.05) is 14.3 Å². The van der Waals surface area contributed by atoms with Gasteiger partial charge in [-0.3, -0.25) is 9.59 Å². The molecule has 0 atom stereocenters. The molecule has 0 unspecified atom stereocenters. The van der Waals surface area contributed by atoms with Crippen LogP contribution in [-0.4, -0.2) is 33.7 Å². The number of hydrogen-bond acceptors (Lipinski definition) is 4. The lowest BCUT2D eigenvalue weighted by Crippen LogP contribution is -1.97. The van der Waals surface area contributed by atoms with Crippen LogP contribution in [0.25, 0.3) is 0 Å². The molecule has 0 heterocycles. The minimum atomic E-state index is -0.851. The third-order valence-corrected chi connectivity index (χ3v) is 5.67. The van der Waals surface area contributed by atoms with Crippen LogP contribution in [0, 0.1) is 0 Å².